The third-order valence-corrected chi connectivity index (χ3v) is 4.55. The fourth-order valence-corrected chi connectivity index (χ4v) is 3.29. The molecule has 0 unspecified atom stereocenters. The third-order valence-electron chi connectivity index (χ3n) is 3.59. The summed E-state index contributed by atoms with van der Waals surface area (Å²) in [7, 11) is 1.35. The summed E-state index contributed by atoms with van der Waals surface area (Å²) < 4.78 is 4.82. The van der Waals surface area contributed by atoms with Crippen molar-refractivity contribution in [2.75, 3.05) is 18.6 Å². The summed E-state index contributed by atoms with van der Waals surface area (Å²) in [5.74, 6) is -0.327. The Morgan fingerprint density at radius 3 is 2.77 bits per heavy atom. The van der Waals surface area contributed by atoms with Crippen molar-refractivity contribution in [3.8, 4) is 10.6 Å². The van der Waals surface area contributed by atoms with Gasteiger partial charge in [-0.25, -0.2) is 9.78 Å². The quantitative estimate of drug-likeness (QED) is 0.817. The number of ether oxygens (including phenoxy) is 1. The van der Waals surface area contributed by atoms with Crippen molar-refractivity contribution >= 4 is 28.9 Å². The monoisotopic (exact) mass is 316 g/mol. The second kappa shape index (κ2) is 5.88. The summed E-state index contributed by atoms with van der Waals surface area (Å²) >= 11 is 1.55. The lowest BCUT2D eigenvalue weighted by Crippen LogP contribution is -2.24. The first-order chi connectivity index (χ1) is 10.6. The van der Waals surface area contributed by atoms with E-state index in [2.05, 4.69) is 4.98 Å². The SMILES string of the molecule is COC(=O)c1cc(-c2ncc(C)s2)cc(N2CCCC2=O)c1. The molecule has 1 aliphatic rings. The first kappa shape index (κ1) is 14.7. The Morgan fingerprint density at radius 2 is 2.18 bits per heavy atom. The topological polar surface area (TPSA) is 59.5 Å². The Bertz CT molecular complexity index is 739. The predicted octanol–water partition coefficient (Wildman–Crippen LogP) is 3.03. The smallest absolute Gasteiger partial charge is 0.337 e. The van der Waals surface area contributed by atoms with Gasteiger partial charge in [-0.2, -0.15) is 0 Å². The van der Waals surface area contributed by atoms with Crippen LogP contribution in [0.3, 0.4) is 0 Å². The molecule has 3 rings (SSSR count). The number of methoxy groups -OCH3 is 1. The number of amides is 1. The summed E-state index contributed by atoms with van der Waals surface area (Å²) in [6, 6.07) is 5.38. The molecule has 5 nitrogen and oxygen atoms in total. The van der Waals surface area contributed by atoms with Crippen LogP contribution < -0.4 is 4.90 Å². The lowest BCUT2D eigenvalue weighted by atomic mass is 10.1. The lowest BCUT2D eigenvalue weighted by molar-refractivity contribution is -0.117. The molecule has 2 heterocycles. The van der Waals surface area contributed by atoms with Crippen LogP contribution in [0.4, 0.5) is 5.69 Å². The molecular weight excluding hydrogens is 300 g/mol. The molecule has 0 bridgehead atoms. The van der Waals surface area contributed by atoms with Crippen LogP contribution in [0.1, 0.15) is 28.1 Å². The van der Waals surface area contributed by atoms with Crippen molar-refractivity contribution in [2.24, 2.45) is 0 Å². The van der Waals surface area contributed by atoms with Crippen LogP contribution in [-0.2, 0) is 9.53 Å². The Kier molecular flexibility index (Phi) is 3.94. The van der Waals surface area contributed by atoms with Crippen LogP contribution in [-0.4, -0.2) is 30.5 Å². The predicted molar refractivity (Wildman–Crippen MR) is 85.2 cm³/mol. The normalized spacial score (nSPS) is 14.5. The number of aryl methyl sites for hydroxylation is 1. The van der Waals surface area contributed by atoms with Crippen molar-refractivity contribution in [3.63, 3.8) is 0 Å². The average Bonchev–Trinajstić information content (AvgIpc) is 3.14. The third kappa shape index (κ3) is 2.74. The van der Waals surface area contributed by atoms with Crippen molar-refractivity contribution in [1.82, 2.24) is 4.98 Å². The molecule has 0 radical (unpaired) electrons. The van der Waals surface area contributed by atoms with E-state index < -0.39 is 5.97 Å². The molecule has 0 aliphatic carbocycles. The van der Waals surface area contributed by atoms with Crippen LogP contribution in [0.15, 0.2) is 24.4 Å². The van der Waals surface area contributed by atoms with Gasteiger partial charge in [0, 0.05) is 35.3 Å². The highest BCUT2D eigenvalue weighted by Gasteiger charge is 2.23. The fourth-order valence-electron chi connectivity index (χ4n) is 2.54. The molecule has 22 heavy (non-hydrogen) atoms. The van der Waals surface area contributed by atoms with Crippen LogP contribution in [0.25, 0.3) is 10.6 Å². The van der Waals surface area contributed by atoms with E-state index >= 15 is 0 Å². The molecule has 0 spiro atoms. The van der Waals surface area contributed by atoms with Crippen molar-refractivity contribution in [3.05, 3.63) is 34.8 Å². The van der Waals surface area contributed by atoms with E-state index in [0.717, 1.165) is 27.6 Å². The van der Waals surface area contributed by atoms with Gasteiger partial charge in [0.15, 0.2) is 0 Å². The molecule has 1 aromatic carbocycles. The van der Waals surface area contributed by atoms with Crippen molar-refractivity contribution in [2.45, 2.75) is 19.8 Å². The number of hydrogen-bond acceptors (Lipinski definition) is 5. The first-order valence-electron chi connectivity index (χ1n) is 7.05. The highest BCUT2D eigenvalue weighted by atomic mass is 32.1. The maximum Gasteiger partial charge on any atom is 0.337 e. The van der Waals surface area contributed by atoms with Crippen molar-refractivity contribution in [1.29, 1.82) is 0 Å². The maximum atomic E-state index is 12.0. The van der Waals surface area contributed by atoms with E-state index in [1.165, 1.54) is 7.11 Å². The summed E-state index contributed by atoms with van der Waals surface area (Å²) in [6.07, 6.45) is 3.19. The second-order valence-electron chi connectivity index (χ2n) is 5.19. The standard InChI is InChI=1S/C16H16N2O3S/c1-10-9-17-15(22-10)11-6-12(16(20)21-2)8-13(7-11)18-5-3-4-14(18)19/h6-9H,3-5H2,1-2H3. The summed E-state index contributed by atoms with van der Waals surface area (Å²) in [4.78, 5) is 31.1. The second-order valence-corrected chi connectivity index (χ2v) is 6.42. The number of aromatic nitrogens is 1. The van der Waals surface area contributed by atoms with Crippen LogP contribution >= 0.6 is 11.3 Å². The van der Waals surface area contributed by atoms with E-state index in [9.17, 15) is 9.59 Å². The number of rotatable bonds is 3. The minimum atomic E-state index is -0.414. The zero-order valence-electron chi connectivity index (χ0n) is 12.5. The zero-order valence-corrected chi connectivity index (χ0v) is 13.3. The van der Waals surface area contributed by atoms with Crippen LogP contribution in [0.5, 0.6) is 0 Å². The van der Waals surface area contributed by atoms with Crippen molar-refractivity contribution < 1.29 is 14.3 Å². The molecule has 1 amide bonds. The van der Waals surface area contributed by atoms with Gasteiger partial charge < -0.3 is 9.64 Å². The van der Waals surface area contributed by atoms with Gasteiger partial charge >= 0.3 is 5.97 Å². The van der Waals surface area contributed by atoms with E-state index in [4.69, 9.17) is 4.74 Å². The minimum absolute atomic E-state index is 0.0864. The highest BCUT2D eigenvalue weighted by Crippen LogP contribution is 2.31. The number of carbonyl (C=O) groups excluding carboxylic acids is 2. The van der Waals surface area contributed by atoms with Gasteiger partial charge in [-0.1, -0.05) is 0 Å². The molecule has 114 valence electrons. The largest absolute Gasteiger partial charge is 0.465 e. The van der Waals surface area contributed by atoms with E-state index in [1.807, 2.05) is 13.0 Å². The maximum absolute atomic E-state index is 12.0. The van der Waals surface area contributed by atoms with E-state index in [0.29, 0.717) is 18.5 Å². The summed E-state index contributed by atoms with van der Waals surface area (Å²) in [5.41, 5.74) is 1.99. The Morgan fingerprint density at radius 1 is 1.36 bits per heavy atom. The molecule has 0 N–H and O–H groups in total. The molecule has 1 fully saturated rings. The Balaban J connectivity index is 2.09. The molecule has 0 saturated carbocycles. The fraction of sp³-hybridized carbons (Fsp3) is 0.312. The Hall–Kier alpha value is -2.21. The number of benzene rings is 1. The molecule has 1 saturated heterocycles. The molecule has 2 aromatic rings. The molecule has 6 heteroatoms. The summed E-state index contributed by atoms with van der Waals surface area (Å²) in [5, 5.41) is 0.830. The molecule has 0 atom stereocenters. The van der Waals surface area contributed by atoms with Gasteiger partial charge in [0.25, 0.3) is 0 Å². The lowest BCUT2D eigenvalue weighted by Gasteiger charge is -2.17. The van der Waals surface area contributed by atoms with Gasteiger partial charge in [0.1, 0.15) is 5.01 Å². The van der Waals surface area contributed by atoms with Gasteiger partial charge in [0.2, 0.25) is 5.91 Å². The number of carbonyl (C=O) groups is 2. The number of anilines is 1. The molecule has 1 aliphatic heterocycles. The average molecular weight is 316 g/mol. The number of hydrogen-bond donors (Lipinski definition) is 0. The van der Waals surface area contributed by atoms with Crippen LogP contribution in [0, 0.1) is 6.92 Å². The number of thiazole rings is 1. The number of nitrogens with zero attached hydrogens (tertiary/aromatic N) is 2. The Labute approximate surface area is 132 Å². The van der Waals surface area contributed by atoms with Gasteiger partial charge in [-0.15, -0.1) is 11.3 Å². The highest BCUT2D eigenvalue weighted by molar-refractivity contribution is 7.14. The van der Waals surface area contributed by atoms with Crippen LogP contribution in [0.2, 0.25) is 0 Å². The molecular formula is C16H16N2O3S. The zero-order chi connectivity index (χ0) is 15.7. The van der Waals surface area contributed by atoms with E-state index in [1.54, 1.807) is 34.6 Å². The van der Waals surface area contributed by atoms with E-state index in [-0.39, 0.29) is 5.91 Å². The first-order valence-corrected chi connectivity index (χ1v) is 7.86. The molecule has 1 aromatic heterocycles. The minimum Gasteiger partial charge on any atom is -0.465 e. The van der Waals surface area contributed by atoms with Gasteiger partial charge in [0.05, 0.1) is 12.7 Å². The van der Waals surface area contributed by atoms with Gasteiger partial charge in [-0.3, -0.25) is 4.79 Å². The summed E-state index contributed by atoms with van der Waals surface area (Å²) in [6.45, 7) is 2.66. The van der Waals surface area contributed by atoms with Gasteiger partial charge in [-0.05, 0) is 31.5 Å². The number of esters is 1.